The number of nitrogens with one attached hydrogen (secondary N) is 1. The van der Waals surface area contributed by atoms with Gasteiger partial charge in [0.2, 0.25) is 0 Å². The Morgan fingerprint density at radius 3 is 2.47 bits per heavy atom. The highest BCUT2D eigenvalue weighted by atomic mass is 19.4. The number of furan rings is 1. The van der Waals surface area contributed by atoms with Gasteiger partial charge in [-0.3, -0.25) is 4.79 Å². The van der Waals surface area contributed by atoms with E-state index in [1.165, 1.54) is 30.3 Å². The molecule has 0 unspecified atom stereocenters. The van der Waals surface area contributed by atoms with Gasteiger partial charge in [-0.1, -0.05) is 42.5 Å². The van der Waals surface area contributed by atoms with Gasteiger partial charge in [0.25, 0.3) is 5.91 Å². The Hall–Kier alpha value is -4.31. The number of nitriles is 1. The molecule has 0 aliphatic rings. The van der Waals surface area contributed by atoms with E-state index >= 15 is 0 Å². The molecule has 158 valence electrons. The number of benzene rings is 3. The molecule has 1 heterocycles. The average Bonchev–Trinajstić information content (AvgIpc) is 3.25. The summed E-state index contributed by atoms with van der Waals surface area (Å²) in [4.78, 5) is 12.5. The molecule has 0 bridgehead atoms. The van der Waals surface area contributed by atoms with Crippen LogP contribution in [-0.2, 0) is 11.0 Å². The Morgan fingerprint density at radius 1 is 0.938 bits per heavy atom. The van der Waals surface area contributed by atoms with E-state index in [9.17, 15) is 23.2 Å². The summed E-state index contributed by atoms with van der Waals surface area (Å²) >= 11 is 0. The second-order valence-corrected chi connectivity index (χ2v) is 6.97. The molecular weight excluding hydrogens is 417 g/mol. The number of halogens is 3. The van der Waals surface area contributed by atoms with Gasteiger partial charge in [0.05, 0.1) is 5.56 Å². The van der Waals surface area contributed by atoms with Gasteiger partial charge in [-0.15, -0.1) is 0 Å². The standard InChI is InChI=1S/C25H15F3N2O2/c26-25(27,28)20-7-3-6-18(12-20)23-11-10-22(32-23)14-19(15-29)24(31)30-21-9-8-16-4-1-2-5-17(16)13-21/h1-14H,(H,30,31)/b19-14+. The number of carbonyl (C=O) groups is 1. The maximum absolute atomic E-state index is 12.9. The average molecular weight is 432 g/mol. The number of hydrogen-bond donors (Lipinski definition) is 1. The molecule has 0 saturated carbocycles. The fourth-order valence-electron chi connectivity index (χ4n) is 3.19. The van der Waals surface area contributed by atoms with Crippen LogP contribution >= 0.6 is 0 Å². The molecule has 0 aliphatic carbocycles. The number of nitrogens with zero attached hydrogens (tertiary/aromatic N) is 1. The zero-order valence-electron chi connectivity index (χ0n) is 16.5. The van der Waals surface area contributed by atoms with Crippen LogP contribution in [-0.4, -0.2) is 5.91 Å². The predicted octanol–water partition coefficient (Wildman–Crippen LogP) is 6.66. The molecule has 0 fully saturated rings. The van der Waals surface area contributed by atoms with Crippen LogP contribution in [0.2, 0.25) is 0 Å². The van der Waals surface area contributed by atoms with Crippen molar-refractivity contribution in [2.24, 2.45) is 0 Å². The third kappa shape index (κ3) is 4.55. The fraction of sp³-hybridized carbons (Fsp3) is 0.0400. The first-order chi connectivity index (χ1) is 15.3. The molecule has 4 rings (SSSR count). The first-order valence-corrected chi connectivity index (χ1v) is 9.53. The Bertz CT molecular complexity index is 1380. The topological polar surface area (TPSA) is 66.0 Å². The van der Waals surface area contributed by atoms with E-state index in [1.54, 1.807) is 12.1 Å². The number of hydrogen-bond acceptors (Lipinski definition) is 3. The molecule has 1 amide bonds. The molecule has 0 spiro atoms. The molecule has 0 radical (unpaired) electrons. The molecule has 0 aliphatic heterocycles. The van der Waals surface area contributed by atoms with Crippen molar-refractivity contribution >= 4 is 28.4 Å². The summed E-state index contributed by atoms with van der Waals surface area (Å²) in [6.07, 6.45) is -3.23. The van der Waals surface area contributed by atoms with E-state index < -0.39 is 17.6 Å². The minimum atomic E-state index is -4.47. The summed E-state index contributed by atoms with van der Waals surface area (Å²) in [5.41, 5.74) is -0.239. The van der Waals surface area contributed by atoms with Gasteiger partial charge in [-0.05, 0) is 47.2 Å². The first kappa shape index (κ1) is 20.9. The summed E-state index contributed by atoms with van der Waals surface area (Å²) in [7, 11) is 0. The summed E-state index contributed by atoms with van der Waals surface area (Å²) in [6.45, 7) is 0. The van der Waals surface area contributed by atoms with Crippen LogP contribution in [0, 0.1) is 11.3 Å². The zero-order valence-corrected chi connectivity index (χ0v) is 16.5. The van der Waals surface area contributed by atoms with Crippen molar-refractivity contribution in [3.05, 3.63) is 95.8 Å². The number of fused-ring (bicyclic) bond motifs is 1. The van der Waals surface area contributed by atoms with Gasteiger partial charge in [-0.25, -0.2) is 0 Å². The number of alkyl halides is 3. The van der Waals surface area contributed by atoms with E-state index in [0.29, 0.717) is 5.69 Å². The number of anilines is 1. The summed E-state index contributed by atoms with van der Waals surface area (Å²) in [5.74, 6) is -0.267. The second kappa shape index (κ2) is 8.44. The highest BCUT2D eigenvalue weighted by molar-refractivity contribution is 6.10. The first-order valence-electron chi connectivity index (χ1n) is 9.53. The molecule has 4 aromatic rings. The maximum Gasteiger partial charge on any atom is 0.416 e. The van der Waals surface area contributed by atoms with E-state index in [2.05, 4.69) is 5.32 Å². The predicted molar refractivity (Wildman–Crippen MR) is 115 cm³/mol. The van der Waals surface area contributed by atoms with Crippen molar-refractivity contribution in [3.63, 3.8) is 0 Å². The maximum atomic E-state index is 12.9. The monoisotopic (exact) mass is 432 g/mol. The van der Waals surface area contributed by atoms with Crippen molar-refractivity contribution < 1.29 is 22.4 Å². The Morgan fingerprint density at radius 2 is 1.72 bits per heavy atom. The van der Waals surface area contributed by atoms with Gasteiger partial charge in [0.15, 0.2) is 0 Å². The van der Waals surface area contributed by atoms with Crippen molar-refractivity contribution in [1.82, 2.24) is 0 Å². The minimum Gasteiger partial charge on any atom is -0.457 e. The lowest BCUT2D eigenvalue weighted by molar-refractivity contribution is -0.137. The van der Waals surface area contributed by atoms with Crippen molar-refractivity contribution in [3.8, 4) is 17.4 Å². The van der Waals surface area contributed by atoms with Gasteiger partial charge in [0, 0.05) is 17.3 Å². The van der Waals surface area contributed by atoms with Crippen LogP contribution in [0.5, 0.6) is 0 Å². The third-order valence-corrected chi connectivity index (χ3v) is 4.76. The van der Waals surface area contributed by atoms with E-state index in [0.717, 1.165) is 22.9 Å². The lowest BCUT2D eigenvalue weighted by Crippen LogP contribution is -2.13. The Kier molecular flexibility index (Phi) is 5.52. The normalized spacial score (nSPS) is 11.9. The molecule has 0 saturated heterocycles. The van der Waals surface area contributed by atoms with Gasteiger partial charge < -0.3 is 9.73 Å². The zero-order chi connectivity index (χ0) is 22.7. The lowest BCUT2D eigenvalue weighted by atomic mass is 10.1. The highest BCUT2D eigenvalue weighted by Gasteiger charge is 2.30. The lowest BCUT2D eigenvalue weighted by Gasteiger charge is -2.07. The molecule has 32 heavy (non-hydrogen) atoms. The van der Waals surface area contributed by atoms with Crippen molar-refractivity contribution in [1.29, 1.82) is 5.26 Å². The third-order valence-electron chi connectivity index (χ3n) is 4.76. The van der Waals surface area contributed by atoms with E-state index in [1.807, 2.05) is 36.4 Å². The van der Waals surface area contributed by atoms with Crippen LogP contribution in [0.1, 0.15) is 11.3 Å². The van der Waals surface area contributed by atoms with Crippen LogP contribution in [0.3, 0.4) is 0 Å². The van der Waals surface area contributed by atoms with Crippen LogP contribution in [0.4, 0.5) is 18.9 Å². The SMILES string of the molecule is N#C/C(=C\c1ccc(-c2cccc(C(F)(F)F)c2)o1)C(=O)Nc1ccc2ccccc2c1. The quantitative estimate of drug-likeness (QED) is 0.290. The largest absolute Gasteiger partial charge is 0.457 e. The summed E-state index contributed by atoms with van der Waals surface area (Å²) in [6, 6.07) is 22.5. The minimum absolute atomic E-state index is 0.169. The second-order valence-electron chi connectivity index (χ2n) is 6.97. The van der Waals surface area contributed by atoms with Crippen LogP contribution in [0.15, 0.2) is 88.9 Å². The molecule has 1 aromatic heterocycles. The molecule has 1 N–H and O–H groups in total. The Balaban J connectivity index is 1.55. The summed E-state index contributed by atoms with van der Waals surface area (Å²) in [5, 5.41) is 14.0. The highest BCUT2D eigenvalue weighted by Crippen LogP contribution is 2.33. The van der Waals surface area contributed by atoms with E-state index in [4.69, 9.17) is 4.42 Å². The van der Waals surface area contributed by atoms with Crippen LogP contribution < -0.4 is 5.32 Å². The Labute approximate surface area is 181 Å². The molecule has 3 aromatic carbocycles. The smallest absolute Gasteiger partial charge is 0.416 e. The van der Waals surface area contributed by atoms with Gasteiger partial charge >= 0.3 is 6.18 Å². The number of amides is 1. The summed E-state index contributed by atoms with van der Waals surface area (Å²) < 4.78 is 44.4. The molecular formula is C25H15F3N2O2. The fourth-order valence-corrected chi connectivity index (χ4v) is 3.19. The molecule has 4 nitrogen and oxygen atoms in total. The molecule has 0 atom stereocenters. The number of carbonyl (C=O) groups excluding carboxylic acids is 1. The van der Waals surface area contributed by atoms with Gasteiger partial charge in [-0.2, -0.15) is 18.4 Å². The van der Waals surface area contributed by atoms with Crippen molar-refractivity contribution in [2.45, 2.75) is 6.18 Å². The number of rotatable bonds is 4. The molecule has 7 heteroatoms. The van der Waals surface area contributed by atoms with Crippen molar-refractivity contribution in [2.75, 3.05) is 5.32 Å². The van der Waals surface area contributed by atoms with E-state index in [-0.39, 0.29) is 22.7 Å². The van der Waals surface area contributed by atoms with Crippen LogP contribution in [0.25, 0.3) is 28.2 Å². The van der Waals surface area contributed by atoms with Gasteiger partial charge in [0.1, 0.15) is 23.2 Å².